The maximum Gasteiger partial charge on any atom is 0.124 e. The molecule has 0 radical (unpaired) electrons. The number of hydrogen-bond acceptors (Lipinski definition) is 1. The molecule has 0 unspecified atom stereocenters. The molecule has 0 heterocycles. The van der Waals surface area contributed by atoms with Crippen LogP contribution in [0.3, 0.4) is 0 Å². The molecule has 42 valence electrons. The van der Waals surface area contributed by atoms with Crippen molar-refractivity contribution in [3.8, 4) is 0 Å². The van der Waals surface area contributed by atoms with E-state index in [0.717, 1.165) is 5.57 Å². The van der Waals surface area contributed by atoms with Crippen LogP contribution in [0.1, 0.15) is 6.92 Å². The van der Waals surface area contributed by atoms with Crippen LogP contribution in [0.15, 0.2) is 30.4 Å². The Labute approximate surface area is 49.0 Å². The van der Waals surface area contributed by atoms with Crippen molar-refractivity contribution in [2.24, 2.45) is 0 Å². The molecule has 0 aromatic carbocycles. The van der Waals surface area contributed by atoms with Crippen molar-refractivity contribution in [1.29, 1.82) is 0 Å². The van der Waals surface area contributed by atoms with Crippen LogP contribution in [0.5, 0.6) is 0 Å². The molecule has 8 heavy (non-hydrogen) atoms. The van der Waals surface area contributed by atoms with Gasteiger partial charge in [-0.3, -0.25) is 0 Å². The summed E-state index contributed by atoms with van der Waals surface area (Å²) in [4.78, 5) is 9.52. The molecule has 1 heteroatoms. The van der Waals surface area contributed by atoms with Crippen molar-refractivity contribution in [3.63, 3.8) is 0 Å². The Balaban J connectivity index is 3.67. The molecule has 0 saturated carbocycles. The van der Waals surface area contributed by atoms with Crippen LogP contribution in [-0.2, 0) is 4.79 Å². The first-order valence-corrected chi connectivity index (χ1v) is 2.30. The fourth-order valence-corrected chi connectivity index (χ4v) is 0.252. The Kier molecular flexibility index (Phi) is 3.55. The summed E-state index contributed by atoms with van der Waals surface area (Å²) in [6.07, 6.45) is 4.65. The van der Waals surface area contributed by atoms with Crippen molar-refractivity contribution in [1.82, 2.24) is 0 Å². The first-order chi connectivity index (χ1) is 3.77. The summed E-state index contributed by atoms with van der Waals surface area (Å²) in [5.41, 5.74) is 0.927. The minimum Gasteiger partial charge on any atom is -0.234 e. The van der Waals surface area contributed by atoms with E-state index in [2.05, 4.69) is 6.58 Å². The summed E-state index contributed by atoms with van der Waals surface area (Å²) in [6, 6.07) is 0. The van der Waals surface area contributed by atoms with Crippen LogP contribution in [-0.4, -0.2) is 5.94 Å². The molecule has 0 bridgehead atoms. The van der Waals surface area contributed by atoms with Gasteiger partial charge in [0.25, 0.3) is 0 Å². The van der Waals surface area contributed by atoms with Crippen molar-refractivity contribution in [3.05, 3.63) is 30.4 Å². The fraction of sp³-hybridized carbons (Fsp3) is 0.143. The van der Waals surface area contributed by atoms with Crippen molar-refractivity contribution < 1.29 is 4.79 Å². The van der Waals surface area contributed by atoms with E-state index < -0.39 is 0 Å². The quantitative estimate of drug-likeness (QED) is 0.387. The fourth-order valence-electron chi connectivity index (χ4n) is 0.252. The third kappa shape index (κ3) is 4.93. The Hall–Kier alpha value is -1.07. The first-order valence-electron chi connectivity index (χ1n) is 2.30. The highest BCUT2D eigenvalue weighted by molar-refractivity contribution is 5.49. The molecule has 0 saturated heterocycles. The molecule has 0 N–H and O–H groups in total. The van der Waals surface area contributed by atoms with E-state index in [1.54, 1.807) is 18.1 Å². The zero-order valence-corrected chi connectivity index (χ0v) is 4.85. The number of rotatable bonds is 2. The van der Waals surface area contributed by atoms with Crippen molar-refractivity contribution in [2.75, 3.05) is 0 Å². The van der Waals surface area contributed by atoms with Gasteiger partial charge in [0.05, 0.1) is 0 Å². The Morgan fingerprint density at radius 1 is 1.75 bits per heavy atom. The predicted molar refractivity (Wildman–Crippen MR) is 34.2 cm³/mol. The third-order valence-electron chi connectivity index (χ3n) is 0.545. The van der Waals surface area contributed by atoms with Crippen molar-refractivity contribution in [2.45, 2.75) is 6.92 Å². The molecule has 0 aliphatic heterocycles. The molecule has 0 amide bonds. The third-order valence-corrected chi connectivity index (χ3v) is 0.545. The molecule has 0 aliphatic rings. The lowest BCUT2D eigenvalue weighted by molar-refractivity contribution is 0.569. The largest absolute Gasteiger partial charge is 0.234 e. The molecular weight excluding hydrogens is 100 g/mol. The van der Waals surface area contributed by atoms with Gasteiger partial charge in [0.15, 0.2) is 0 Å². The highest BCUT2D eigenvalue weighted by Gasteiger charge is 1.67. The molecule has 1 nitrogen and oxygen atoms in total. The van der Waals surface area contributed by atoms with Crippen LogP contribution in [0.25, 0.3) is 0 Å². The summed E-state index contributed by atoms with van der Waals surface area (Å²) < 4.78 is 0. The van der Waals surface area contributed by atoms with E-state index in [9.17, 15) is 4.79 Å². The van der Waals surface area contributed by atoms with Crippen molar-refractivity contribution >= 4 is 5.94 Å². The van der Waals surface area contributed by atoms with Gasteiger partial charge in [0, 0.05) is 6.08 Å². The molecular formula is C7H8O. The monoisotopic (exact) mass is 108 g/mol. The molecule has 0 fully saturated rings. The van der Waals surface area contributed by atoms with Gasteiger partial charge in [-0.15, -0.1) is 0 Å². The lowest BCUT2D eigenvalue weighted by Crippen LogP contribution is -1.57. The van der Waals surface area contributed by atoms with Gasteiger partial charge in [0.2, 0.25) is 0 Å². The van der Waals surface area contributed by atoms with E-state index >= 15 is 0 Å². The van der Waals surface area contributed by atoms with E-state index in [0.29, 0.717) is 0 Å². The van der Waals surface area contributed by atoms with Crippen LogP contribution in [0, 0.1) is 0 Å². The van der Waals surface area contributed by atoms with Crippen LogP contribution in [0.2, 0.25) is 0 Å². The average Bonchev–Trinajstić information content (AvgIpc) is 1.66. The van der Waals surface area contributed by atoms with Gasteiger partial charge in [-0.25, -0.2) is 4.79 Å². The molecule has 0 atom stereocenters. The summed E-state index contributed by atoms with van der Waals surface area (Å²) >= 11 is 0. The molecule has 0 spiro atoms. The molecule has 0 aromatic rings. The van der Waals surface area contributed by atoms with Gasteiger partial charge in [-0.1, -0.05) is 24.3 Å². The van der Waals surface area contributed by atoms with Gasteiger partial charge >= 0.3 is 0 Å². The van der Waals surface area contributed by atoms with E-state index in [1.807, 2.05) is 6.92 Å². The lowest BCUT2D eigenvalue weighted by atomic mass is 10.3. The number of hydrogen-bond donors (Lipinski definition) is 0. The summed E-state index contributed by atoms with van der Waals surface area (Å²) in [6.45, 7) is 5.45. The highest BCUT2D eigenvalue weighted by atomic mass is 16.1. The smallest absolute Gasteiger partial charge is 0.124 e. The number of carbonyl (C=O) groups excluding carboxylic acids is 1. The normalized spacial score (nSPS) is 8.62. The maximum absolute atomic E-state index is 9.52. The summed E-state index contributed by atoms with van der Waals surface area (Å²) in [5.74, 6) is 1.62. The SMILES string of the molecule is C=C(C)/C=C\C=C=O. The van der Waals surface area contributed by atoms with Crippen LogP contribution < -0.4 is 0 Å². The Morgan fingerprint density at radius 2 is 2.38 bits per heavy atom. The van der Waals surface area contributed by atoms with Crippen LogP contribution >= 0.6 is 0 Å². The van der Waals surface area contributed by atoms with E-state index in [-0.39, 0.29) is 0 Å². The number of allylic oxidation sites excluding steroid dienone is 4. The zero-order valence-electron chi connectivity index (χ0n) is 4.85. The topological polar surface area (TPSA) is 17.1 Å². The minimum absolute atomic E-state index is 0.927. The average molecular weight is 108 g/mol. The van der Waals surface area contributed by atoms with E-state index in [1.165, 1.54) is 6.08 Å². The van der Waals surface area contributed by atoms with Gasteiger partial charge < -0.3 is 0 Å². The highest BCUT2D eigenvalue weighted by Crippen LogP contribution is 1.86. The van der Waals surface area contributed by atoms with Gasteiger partial charge in [-0.2, -0.15) is 0 Å². The van der Waals surface area contributed by atoms with Gasteiger partial charge in [-0.05, 0) is 6.92 Å². The van der Waals surface area contributed by atoms with Gasteiger partial charge in [0.1, 0.15) is 5.94 Å². The maximum atomic E-state index is 9.52. The Morgan fingerprint density at radius 3 is 2.75 bits per heavy atom. The second kappa shape index (κ2) is 4.10. The molecule has 0 rings (SSSR count). The minimum atomic E-state index is 0.927. The second-order valence-corrected chi connectivity index (χ2v) is 1.49. The predicted octanol–water partition coefficient (Wildman–Crippen LogP) is 1.51. The standard InChI is InChI=1S/C7H8O/c1-7(2)5-3-4-6-8/h3-5H,1H2,2H3/b5-3-. The van der Waals surface area contributed by atoms with Crippen LogP contribution in [0.4, 0.5) is 0 Å². The first kappa shape index (κ1) is 6.93. The van der Waals surface area contributed by atoms with E-state index in [4.69, 9.17) is 0 Å². The Bertz CT molecular complexity index is 144. The lowest BCUT2D eigenvalue weighted by Gasteiger charge is -1.76. The zero-order chi connectivity index (χ0) is 6.41. The molecule has 0 aromatic heterocycles. The summed E-state index contributed by atoms with van der Waals surface area (Å²) in [5, 5.41) is 0. The summed E-state index contributed by atoms with van der Waals surface area (Å²) in [7, 11) is 0. The second-order valence-electron chi connectivity index (χ2n) is 1.49. The molecule has 0 aliphatic carbocycles.